The monoisotopic (exact) mass is 1350 g/mol. The number of aryl methyl sites for hydroxylation is 2. The number of thiazole rings is 1. The number of likely N-dealkylation sites (tertiary alicyclic amines) is 1. The lowest BCUT2D eigenvalue weighted by molar-refractivity contribution is -0.144. The Morgan fingerprint density at radius 1 is 0.763 bits per heavy atom. The predicted octanol–water partition coefficient (Wildman–Crippen LogP) is 6.36. The Morgan fingerprint density at radius 2 is 1.46 bits per heavy atom. The maximum atomic E-state index is 14.3. The number of β-amino-alcohol motifs (C(OH)–C–C–N with tert-alkyl or cyclic N) is 1. The Hall–Kier alpha value is -9.14. The minimum absolute atomic E-state index is 0.0129. The molecule has 0 bridgehead atoms. The smallest absolute Gasteiger partial charge is 0.278 e. The molecule has 1 aliphatic carbocycles. The number of nitrogens with zero attached hydrogens (tertiary/aromatic N) is 7. The van der Waals surface area contributed by atoms with Crippen LogP contribution in [0.15, 0.2) is 90.9 Å². The van der Waals surface area contributed by atoms with E-state index in [1.165, 1.54) is 28.1 Å². The number of nitrogen functional groups attached to an aromatic ring is 1. The number of anilines is 3. The molecule has 3 aromatic heterocycles. The van der Waals surface area contributed by atoms with Crippen LogP contribution >= 0.6 is 11.3 Å². The summed E-state index contributed by atoms with van der Waals surface area (Å²) in [6.45, 7) is 10.5. The number of carbonyl (C=O) groups excluding carboxylic acids is 10. The van der Waals surface area contributed by atoms with Crippen molar-refractivity contribution >= 4 is 87.4 Å². The quantitative estimate of drug-likeness (QED) is 0.0187. The number of carbonyl (C=O) groups is 10. The summed E-state index contributed by atoms with van der Waals surface area (Å²) in [4.78, 5) is 157. The molecule has 2 saturated heterocycles. The van der Waals surface area contributed by atoms with Crippen LogP contribution in [0.3, 0.4) is 0 Å². The van der Waals surface area contributed by atoms with E-state index in [9.17, 15) is 53.1 Å². The van der Waals surface area contributed by atoms with Crippen molar-refractivity contribution in [3.05, 3.63) is 113 Å². The Labute approximate surface area is 569 Å². The number of aromatic nitrogens is 4. The number of ketones is 2. The lowest BCUT2D eigenvalue weighted by Gasteiger charge is -2.35. The summed E-state index contributed by atoms with van der Waals surface area (Å²) in [7, 11) is 0. The van der Waals surface area contributed by atoms with Gasteiger partial charge < -0.3 is 52.0 Å². The molecule has 9 rings (SSSR count). The topological polar surface area (TPSA) is 348 Å². The maximum Gasteiger partial charge on any atom is 0.278 e. The summed E-state index contributed by atoms with van der Waals surface area (Å²) in [5, 5.41) is 25.3. The van der Waals surface area contributed by atoms with E-state index in [4.69, 9.17) is 10.5 Å². The molecule has 97 heavy (non-hydrogen) atoms. The number of imide groups is 1. The third-order valence-corrected chi connectivity index (χ3v) is 19.2. The minimum atomic E-state index is -1.11. The zero-order valence-electron chi connectivity index (χ0n) is 55.6. The molecule has 8 amide bonds. The lowest BCUT2D eigenvalue weighted by atomic mass is 9.81. The van der Waals surface area contributed by atoms with Gasteiger partial charge in [0.05, 0.1) is 70.9 Å². The first kappa shape index (κ1) is 72.1. The molecular weight excluding hydrogens is 1260 g/mol. The van der Waals surface area contributed by atoms with Crippen LogP contribution in [-0.2, 0) is 60.9 Å². The van der Waals surface area contributed by atoms with Crippen LogP contribution < -0.4 is 37.2 Å². The number of hydrogen-bond donors (Lipinski definition) is 7. The molecule has 516 valence electrons. The van der Waals surface area contributed by atoms with E-state index >= 15 is 0 Å². The number of pyridine rings is 1. The fraction of sp³-hybridized carbons (Fsp3) is 0.493. The van der Waals surface area contributed by atoms with E-state index in [0.29, 0.717) is 101 Å². The number of unbranched alkanes of at least 4 members (excludes halogenated alkanes) is 2. The number of ether oxygens (including phenoxy) is 1. The lowest BCUT2D eigenvalue weighted by Crippen LogP contribution is -2.57. The highest BCUT2D eigenvalue weighted by molar-refractivity contribution is 7.13. The molecule has 0 radical (unpaired) electrons. The highest BCUT2D eigenvalue weighted by atomic mass is 32.1. The first-order chi connectivity index (χ1) is 46.6. The van der Waals surface area contributed by atoms with Gasteiger partial charge in [-0.2, -0.15) is 0 Å². The van der Waals surface area contributed by atoms with E-state index in [0.717, 1.165) is 45.8 Å². The number of hydrogen-bond acceptors (Lipinski definition) is 19. The number of amides is 8. The molecule has 1 saturated carbocycles. The predicted molar refractivity (Wildman–Crippen MR) is 365 cm³/mol. The summed E-state index contributed by atoms with van der Waals surface area (Å²) in [6, 6.07) is 13.9. The summed E-state index contributed by atoms with van der Waals surface area (Å²) in [5.41, 5.74) is 13.1. The number of aliphatic hydroxyl groups is 1. The highest BCUT2D eigenvalue weighted by Crippen LogP contribution is 2.33. The molecule has 25 nitrogen and oxygen atoms in total. The van der Waals surface area contributed by atoms with Crippen LogP contribution in [0.2, 0.25) is 0 Å². The van der Waals surface area contributed by atoms with Gasteiger partial charge in [-0.25, -0.2) is 15.0 Å². The Bertz CT molecular complexity index is 3650. The van der Waals surface area contributed by atoms with Crippen LogP contribution in [0, 0.1) is 24.2 Å². The molecule has 8 N–H and O–H groups in total. The molecule has 4 atom stereocenters. The molecule has 0 unspecified atom stereocenters. The minimum Gasteiger partial charge on any atom is -0.391 e. The molecule has 5 aromatic rings. The van der Waals surface area contributed by atoms with Crippen LogP contribution in [0.25, 0.3) is 21.7 Å². The van der Waals surface area contributed by atoms with E-state index in [2.05, 4.69) is 51.4 Å². The Morgan fingerprint density at radius 3 is 2.16 bits per heavy atom. The van der Waals surface area contributed by atoms with Gasteiger partial charge in [0.25, 0.3) is 17.7 Å². The van der Waals surface area contributed by atoms with Crippen molar-refractivity contribution in [2.24, 2.45) is 17.3 Å². The number of benzene rings is 2. The molecule has 0 spiro atoms. The van der Waals surface area contributed by atoms with Crippen molar-refractivity contribution in [2.45, 2.75) is 161 Å². The van der Waals surface area contributed by atoms with Gasteiger partial charge in [-0.1, -0.05) is 75.7 Å². The van der Waals surface area contributed by atoms with E-state index in [1.807, 2.05) is 61.5 Å². The molecule has 26 heteroatoms. The SMILES string of the molecule is Cc1ncsc1-c1ccc(CNC(=O)[C@@H]2C[C@@H](O)CN2C(=O)[C@@H](NC(=O)CCC(=O)CC[C@H](NC(=O)CCCCCNC(=O)C2CCC(CN3C(=O)C=CC3=O)CC2)C(=O)CCCc2ccc(-c3cnc(N)c(C(=O)Nc4cnccc4N4CCOCC4)n3)cc2)C(C)(C)C)cc1. The van der Waals surface area contributed by atoms with E-state index in [-0.39, 0.29) is 117 Å². The third-order valence-electron chi connectivity index (χ3n) is 18.3. The average molecular weight is 1350 g/mol. The fourth-order valence-corrected chi connectivity index (χ4v) is 13.4. The number of Topliss-reactive ketones (excluding diaryl/α,β-unsaturated/α-hetero) is 2. The van der Waals surface area contributed by atoms with Crippen molar-refractivity contribution in [3.8, 4) is 21.7 Å². The first-order valence-corrected chi connectivity index (χ1v) is 34.5. The van der Waals surface area contributed by atoms with E-state index < -0.39 is 53.3 Å². The van der Waals surface area contributed by atoms with Gasteiger partial charge in [-0.3, -0.25) is 57.8 Å². The van der Waals surface area contributed by atoms with Crippen molar-refractivity contribution in [1.82, 2.24) is 51.0 Å². The van der Waals surface area contributed by atoms with Crippen molar-refractivity contribution in [1.29, 1.82) is 0 Å². The third kappa shape index (κ3) is 20.2. The average Bonchev–Trinajstić information content (AvgIpc) is 1.76. The van der Waals surface area contributed by atoms with Crippen molar-refractivity contribution < 1.29 is 57.8 Å². The summed E-state index contributed by atoms with van der Waals surface area (Å²) >= 11 is 1.54. The Balaban J connectivity index is 0.756. The number of morpholine rings is 1. The summed E-state index contributed by atoms with van der Waals surface area (Å²) in [5.74, 6) is -3.78. The first-order valence-electron chi connectivity index (χ1n) is 33.6. The zero-order valence-corrected chi connectivity index (χ0v) is 56.5. The van der Waals surface area contributed by atoms with E-state index in [1.54, 1.807) is 50.0 Å². The second-order valence-electron chi connectivity index (χ2n) is 26.5. The molecule has 6 heterocycles. The maximum absolute atomic E-state index is 14.3. The van der Waals surface area contributed by atoms with Crippen molar-refractivity contribution in [2.75, 3.05) is 61.9 Å². The number of nitrogens with two attached hydrogens (primary N) is 1. The fourth-order valence-electron chi connectivity index (χ4n) is 12.6. The molecular formula is C71H89N13O12S. The van der Waals surface area contributed by atoms with Crippen LogP contribution in [0.1, 0.15) is 144 Å². The van der Waals surface area contributed by atoms with Gasteiger partial charge in [0, 0.05) is 108 Å². The Kier molecular flexibility index (Phi) is 25.4. The van der Waals surface area contributed by atoms with Crippen LogP contribution in [-0.4, -0.2) is 164 Å². The molecule has 4 aliphatic rings. The van der Waals surface area contributed by atoms with Gasteiger partial charge in [0.2, 0.25) is 29.5 Å². The van der Waals surface area contributed by atoms with Crippen molar-refractivity contribution in [3.63, 3.8) is 0 Å². The highest BCUT2D eigenvalue weighted by Gasteiger charge is 2.45. The number of aliphatic hydroxyl groups excluding tert-OH is 1. The normalized spacial score (nSPS) is 18.5. The van der Waals surface area contributed by atoms with Gasteiger partial charge in [-0.15, -0.1) is 11.3 Å². The van der Waals surface area contributed by atoms with Gasteiger partial charge in [0.15, 0.2) is 17.3 Å². The summed E-state index contributed by atoms with van der Waals surface area (Å²) in [6.07, 6.45) is 11.3. The molecule has 3 fully saturated rings. The second kappa shape index (κ2) is 34.2. The van der Waals surface area contributed by atoms with Crippen LogP contribution in [0.5, 0.6) is 0 Å². The standard InChI is InChI=1S/C71H89N13O12S/c1-44-64(97-43-77-44)49-20-14-46(15-21-49)38-76-68(93)57-37-52(86)42-83(57)70(95)65(71(2,3)4)81-60(89)27-25-51(85)24-26-53(78-59(88)11-6-5-7-31-74-67(92)50-22-16-47(17-23-50)41-84-61(90)28-29-62(84)91)58(87)10-8-9-45-12-18-48(19-13-45)54-40-75-66(72)63(79-54)69(94)80-55-39-73-32-30-56(55)82-33-35-96-36-34-82/h12-15,18-21,28-30,32,39-40,43,47,50,52-53,57,65,86H,5-11,16-17,22-27,31,33-38,41-42H2,1-4H3,(H2,72,75)(H,74,92)(H,76,93)(H,78,88)(H,80,94)(H,81,89)/t47?,50?,52-,53+,57+,65-/m1/s1. The van der Waals surface area contributed by atoms with Crippen LogP contribution in [0.4, 0.5) is 17.2 Å². The van der Waals surface area contributed by atoms with Gasteiger partial charge >= 0.3 is 0 Å². The zero-order chi connectivity index (χ0) is 69.2. The second-order valence-corrected chi connectivity index (χ2v) is 27.4. The molecule has 3 aliphatic heterocycles. The largest absolute Gasteiger partial charge is 0.391 e. The number of rotatable bonds is 31. The number of nitrogens with one attached hydrogen (secondary N) is 5. The molecule has 2 aromatic carbocycles. The van der Waals surface area contributed by atoms with Gasteiger partial charge in [0.1, 0.15) is 17.9 Å². The van der Waals surface area contributed by atoms with Gasteiger partial charge in [-0.05, 0) is 98.8 Å². The summed E-state index contributed by atoms with van der Waals surface area (Å²) < 4.78 is 5.50.